The lowest BCUT2D eigenvalue weighted by atomic mass is 9.92. The van der Waals surface area contributed by atoms with E-state index in [0.29, 0.717) is 12.8 Å². The SMILES string of the molecule is FC1(F)CCC(Nc2cccc(Br)c2)CC1. The number of alkyl halides is 2. The van der Waals surface area contributed by atoms with Gasteiger partial charge >= 0.3 is 0 Å². The van der Waals surface area contributed by atoms with Gasteiger partial charge in [0.15, 0.2) is 0 Å². The van der Waals surface area contributed by atoms with Gasteiger partial charge in [-0.15, -0.1) is 0 Å². The molecule has 1 N–H and O–H groups in total. The van der Waals surface area contributed by atoms with Crippen molar-refractivity contribution < 1.29 is 8.78 Å². The Kier molecular flexibility index (Phi) is 3.47. The van der Waals surface area contributed by atoms with Crippen LogP contribution in [0.5, 0.6) is 0 Å². The molecule has 0 atom stereocenters. The van der Waals surface area contributed by atoms with E-state index < -0.39 is 5.92 Å². The molecule has 1 nitrogen and oxygen atoms in total. The first-order valence-corrected chi connectivity index (χ1v) is 6.24. The number of nitrogens with one attached hydrogen (secondary N) is 1. The van der Waals surface area contributed by atoms with Gasteiger partial charge in [0.25, 0.3) is 0 Å². The third-order valence-corrected chi connectivity index (χ3v) is 3.41. The highest BCUT2D eigenvalue weighted by Crippen LogP contribution is 2.34. The van der Waals surface area contributed by atoms with Crippen LogP contribution in [-0.4, -0.2) is 12.0 Å². The summed E-state index contributed by atoms with van der Waals surface area (Å²) in [5, 5.41) is 3.30. The van der Waals surface area contributed by atoms with E-state index >= 15 is 0 Å². The molecule has 2 rings (SSSR count). The van der Waals surface area contributed by atoms with Crippen LogP contribution in [-0.2, 0) is 0 Å². The van der Waals surface area contributed by atoms with Gasteiger partial charge in [-0.1, -0.05) is 22.0 Å². The molecule has 16 heavy (non-hydrogen) atoms. The summed E-state index contributed by atoms with van der Waals surface area (Å²) in [4.78, 5) is 0. The predicted molar refractivity (Wildman–Crippen MR) is 65.0 cm³/mol. The number of rotatable bonds is 2. The van der Waals surface area contributed by atoms with Crippen LogP contribution < -0.4 is 5.32 Å². The molecule has 0 heterocycles. The molecule has 1 aliphatic rings. The van der Waals surface area contributed by atoms with Crippen LogP contribution in [0, 0.1) is 0 Å². The van der Waals surface area contributed by atoms with Crippen molar-refractivity contribution in [3.8, 4) is 0 Å². The van der Waals surface area contributed by atoms with Crippen LogP contribution in [0.1, 0.15) is 25.7 Å². The second kappa shape index (κ2) is 4.70. The monoisotopic (exact) mass is 289 g/mol. The summed E-state index contributed by atoms with van der Waals surface area (Å²) in [6, 6.07) is 7.97. The molecule has 88 valence electrons. The Morgan fingerprint density at radius 1 is 1.25 bits per heavy atom. The van der Waals surface area contributed by atoms with Crippen LogP contribution in [0.2, 0.25) is 0 Å². The Morgan fingerprint density at radius 2 is 1.94 bits per heavy atom. The van der Waals surface area contributed by atoms with Gasteiger partial charge in [0.1, 0.15) is 0 Å². The van der Waals surface area contributed by atoms with E-state index in [-0.39, 0.29) is 18.9 Å². The van der Waals surface area contributed by atoms with Gasteiger partial charge in [0, 0.05) is 29.0 Å². The number of halogens is 3. The average molecular weight is 290 g/mol. The summed E-state index contributed by atoms with van der Waals surface area (Å²) in [5.74, 6) is -2.45. The van der Waals surface area contributed by atoms with Crippen molar-refractivity contribution in [1.82, 2.24) is 0 Å². The van der Waals surface area contributed by atoms with E-state index in [1.54, 1.807) is 0 Å². The Labute approximate surface area is 102 Å². The first-order chi connectivity index (χ1) is 7.55. The summed E-state index contributed by atoms with van der Waals surface area (Å²) < 4.78 is 26.9. The van der Waals surface area contributed by atoms with Crippen molar-refractivity contribution in [2.24, 2.45) is 0 Å². The Morgan fingerprint density at radius 3 is 2.56 bits per heavy atom. The molecule has 0 aliphatic heterocycles. The summed E-state index contributed by atoms with van der Waals surface area (Å²) in [6.07, 6.45) is 1.08. The Bertz CT molecular complexity index is 358. The van der Waals surface area contributed by atoms with Gasteiger partial charge in [-0.2, -0.15) is 0 Å². The molecule has 1 fully saturated rings. The van der Waals surface area contributed by atoms with Gasteiger partial charge in [-0.25, -0.2) is 8.78 Å². The summed E-state index contributed by atoms with van der Waals surface area (Å²) >= 11 is 3.39. The molecule has 0 spiro atoms. The summed E-state index contributed by atoms with van der Waals surface area (Å²) in [7, 11) is 0. The molecule has 0 aromatic heterocycles. The largest absolute Gasteiger partial charge is 0.382 e. The van der Waals surface area contributed by atoms with Gasteiger partial charge in [0.2, 0.25) is 5.92 Å². The second-order valence-corrected chi connectivity index (χ2v) is 5.20. The topological polar surface area (TPSA) is 12.0 Å². The van der Waals surface area contributed by atoms with Crippen LogP contribution in [0.3, 0.4) is 0 Å². The van der Waals surface area contributed by atoms with Crippen molar-refractivity contribution in [2.45, 2.75) is 37.6 Å². The van der Waals surface area contributed by atoms with Crippen molar-refractivity contribution in [3.05, 3.63) is 28.7 Å². The highest BCUT2D eigenvalue weighted by Gasteiger charge is 2.34. The van der Waals surface area contributed by atoms with E-state index in [0.717, 1.165) is 10.2 Å². The molecule has 0 amide bonds. The van der Waals surface area contributed by atoms with E-state index in [1.807, 2.05) is 24.3 Å². The number of anilines is 1. The quantitative estimate of drug-likeness (QED) is 0.849. The minimum atomic E-state index is -2.45. The smallest absolute Gasteiger partial charge is 0.248 e. The van der Waals surface area contributed by atoms with Gasteiger partial charge in [0.05, 0.1) is 0 Å². The van der Waals surface area contributed by atoms with Gasteiger partial charge < -0.3 is 5.32 Å². The normalized spacial score (nSPS) is 20.7. The fourth-order valence-corrected chi connectivity index (χ4v) is 2.40. The van der Waals surface area contributed by atoms with Crippen LogP contribution in [0.15, 0.2) is 28.7 Å². The second-order valence-electron chi connectivity index (χ2n) is 4.28. The molecule has 0 radical (unpaired) electrons. The molecule has 0 saturated heterocycles. The third-order valence-electron chi connectivity index (χ3n) is 2.91. The summed E-state index contributed by atoms with van der Waals surface area (Å²) in [6.45, 7) is 0. The maximum Gasteiger partial charge on any atom is 0.248 e. The molecular weight excluding hydrogens is 276 g/mol. The molecule has 0 unspecified atom stereocenters. The van der Waals surface area contributed by atoms with Gasteiger partial charge in [-0.3, -0.25) is 0 Å². The lowest BCUT2D eigenvalue weighted by Gasteiger charge is -2.29. The van der Waals surface area contributed by atoms with Crippen molar-refractivity contribution >= 4 is 21.6 Å². The number of hydrogen-bond donors (Lipinski definition) is 1. The van der Waals surface area contributed by atoms with Crippen molar-refractivity contribution in [1.29, 1.82) is 0 Å². The Hall–Kier alpha value is -0.640. The molecule has 0 bridgehead atoms. The average Bonchev–Trinajstić information content (AvgIpc) is 2.21. The standard InChI is InChI=1S/C12H14BrF2N/c13-9-2-1-3-11(8-9)16-10-4-6-12(14,15)7-5-10/h1-3,8,10,16H,4-7H2. The van der Waals surface area contributed by atoms with Crippen LogP contribution >= 0.6 is 15.9 Å². The fourth-order valence-electron chi connectivity index (χ4n) is 2.00. The van der Waals surface area contributed by atoms with E-state index in [2.05, 4.69) is 21.2 Å². The molecule has 4 heteroatoms. The van der Waals surface area contributed by atoms with Crippen molar-refractivity contribution in [2.75, 3.05) is 5.32 Å². The Balaban J connectivity index is 1.92. The van der Waals surface area contributed by atoms with E-state index in [1.165, 1.54) is 0 Å². The lowest BCUT2D eigenvalue weighted by Crippen LogP contribution is -2.31. The number of hydrogen-bond acceptors (Lipinski definition) is 1. The highest BCUT2D eigenvalue weighted by molar-refractivity contribution is 9.10. The maximum absolute atomic E-state index is 12.9. The number of benzene rings is 1. The molecule has 1 aromatic carbocycles. The van der Waals surface area contributed by atoms with Crippen LogP contribution in [0.25, 0.3) is 0 Å². The molecule has 1 aliphatic carbocycles. The molecule has 1 aromatic rings. The fraction of sp³-hybridized carbons (Fsp3) is 0.500. The van der Waals surface area contributed by atoms with Gasteiger partial charge in [-0.05, 0) is 31.0 Å². The zero-order valence-corrected chi connectivity index (χ0v) is 10.4. The lowest BCUT2D eigenvalue weighted by molar-refractivity contribution is -0.0360. The maximum atomic E-state index is 12.9. The molecule has 1 saturated carbocycles. The first kappa shape index (κ1) is 11.8. The first-order valence-electron chi connectivity index (χ1n) is 5.45. The zero-order chi connectivity index (χ0) is 11.6. The van der Waals surface area contributed by atoms with Crippen LogP contribution in [0.4, 0.5) is 14.5 Å². The van der Waals surface area contributed by atoms with Crippen molar-refractivity contribution in [3.63, 3.8) is 0 Å². The minimum absolute atomic E-state index is 0.00132. The summed E-state index contributed by atoms with van der Waals surface area (Å²) in [5.41, 5.74) is 0.990. The van der Waals surface area contributed by atoms with E-state index in [9.17, 15) is 8.78 Å². The highest BCUT2D eigenvalue weighted by atomic mass is 79.9. The van der Waals surface area contributed by atoms with E-state index in [4.69, 9.17) is 0 Å². The predicted octanol–water partition coefficient (Wildman–Crippen LogP) is 4.44. The third kappa shape index (κ3) is 3.17. The molecular formula is C12H14BrF2N. The zero-order valence-electron chi connectivity index (χ0n) is 8.85. The minimum Gasteiger partial charge on any atom is -0.382 e.